The summed E-state index contributed by atoms with van der Waals surface area (Å²) in [6, 6.07) is 0. The van der Waals surface area contributed by atoms with E-state index in [9.17, 15) is 19.2 Å². The van der Waals surface area contributed by atoms with Crippen LogP contribution in [0.5, 0.6) is 0 Å². The molecule has 0 aromatic rings. The van der Waals surface area contributed by atoms with Crippen LogP contribution < -0.4 is 0 Å². The van der Waals surface area contributed by atoms with Crippen LogP contribution in [-0.4, -0.2) is 127 Å². The maximum Gasteiger partial charge on any atom is 0.314 e. The quantitative estimate of drug-likeness (QED) is 0.136. The Balaban J connectivity index is -0.0000000457. The van der Waals surface area contributed by atoms with Crippen LogP contribution in [0.2, 0.25) is 0 Å². The van der Waals surface area contributed by atoms with Crippen molar-refractivity contribution in [2.24, 2.45) is 0 Å². The third-order valence-corrected chi connectivity index (χ3v) is 2.37. The number of aliphatic hydroxyl groups excluding tert-OH is 1. The van der Waals surface area contributed by atoms with Crippen LogP contribution in [0.4, 0.5) is 0 Å². The monoisotopic (exact) mass is 519 g/mol. The molecule has 12 nitrogen and oxygen atoms in total. The van der Waals surface area contributed by atoms with E-state index in [-0.39, 0.29) is 62.5 Å². The summed E-state index contributed by atoms with van der Waals surface area (Å²) < 4.78 is 4.90. The van der Waals surface area contributed by atoms with Gasteiger partial charge in [-0.05, 0) is 21.1 Å². The van der Waals surface area contributed by atoms with Gasteiger partial charge in [-0.1, -0.05) is 37.1 Å². The van der Waals surface area contributed by atoms with Crippen molar-refractivity contribution in [3.63, 3.8) is 0 Å². The third kappa shape index (κ3) is 80.0. The Morgan fingerprint density at radius 1 is 0.771 bits per heavy atom. The van der Waals surface area contributed by atoms with Crippen LogP contribution in [0, 0.1) is 0 Å². The summed E-state index contributed by atoms with van der Waals surface area (Å²) in [5.41, 5.74) is 0. The predicted molar refractivity (Wildman–Crippen MR) is 144 cm³/mol. The average molecular weight is 520 g/mol. The zero-order valence-electron chi connectivity index (χ0n) is 18.5. The number of Topliss-reactive ketones (excluding diaryl/α,β-unsaturated/α-hetero) is 1. The summed E-state index contributed by atoms with van der Waals surface area (Å²) in [4.78, 5) is 45.1. The van der Waals surface area contributed by atoms with Crippen molar-refractivity contribution in [1.82, 2.24) is 14.9 Å². The Kier molecular flexibility index (Phi) is 69.9. The highest BCUT2D eigenvalue weighted by atomic mass is 16.5. The number of carbonyl (C=O) groups excluding carboxylic acids is 2. The first kappa shape index (κ1) is 58.5. The van der Waals surface area contributed by atoms with Gasteiger partial charge >= 0.3 is 17.9 Å². The normalized spacial score (nSPS) is 8.06. The van der Waals surface area contributed by atoms with Gasteiger partial charge in [-0.15, -0.1) is 13.2 Å². The summed E-state index contributed by atoms with van der Waals surface area (Å²) in [5.74, 6) is -3.31. The summed E-state index contributed by atoms with van der Waals surface area (Å²) in [7, 11) is 8.58. The van der Waals surface area contributed by atoms with E-state index >= 15 is 0 Å². The van der Waals surface area contributed by atoms with Crippen molar-refractivity contribution in [3.8, 4) is 0 Å². The molecule has 0 aromatic heterocycles. The Morgan fingerprint density at radius 3 is 1.40 bits per heavy atom. The molecule has 12 heteroatoms. The fourth-order valence-electron chi connectivity index (χ4n) is 1.29. The molecule has 0 bridgehead atoms. The molecule has 0 aromatic carbocycles. The molecule has 35 heavy (non-hydrogen) atoms. The maximum atomic E-state index is 11.4. The van der Waals surface area contributed by atoms with Crippen LogP contribution in [-0.2, 0) is 23.9 Å². The number of carbonyl (C=O) groups is 4. The van der Waals surface area contributed by atoms with Gasteiger partial charge in [-0.25, -0.2) is 0 Å². The van der Waals surface area contributed by atoms with Gasteiger partial charge in [0.1, 0.15) is 19.4 Å². The maximum absolute atomic E-state index is 11.4. The largest absolute Gasteiger partial charge is 0.481 e. The first-order valence-electron chi connectivity index (χ1n) is 8.73. The molecule has 0 aliphatic carbocycles. The molecule has 0 heterocycles. The van der Waals surface area contributed by atoms with E-state index in [0.29, 0.717) is 19.7 Å². The third-order valence-electron chi connectivity index (χ3n) is 2.37. The highest BCUT2D eigenvalue weighted by Crippen LogP contribution is 1.92. The number of rotatable bonds is 11. The number of likely N-dealkylation sites (N-methyl/N-ethyl adjacent to an activating group) is 2. The molecule has 0 amide bonds. The van der Waals surface area contributed by atoms with E-state index in [1.807, 2.05) is 19.0 Å². The minimum Gasteiger partial charge on any atom is -0.481 e. The zero-order chi connectivity index (χ0) is 24.7. The number of esters is 1. The molecular formula is C23H57N3O9. The van der Waals surface area contributed by atoms with Gasteiger partial charge in [-0.2, -0.15) is 5.06 Å². The lowest BCUT2D eigenvalue weighted by molar-refractivity contribution is -0.148. The lowest BCUT2D eigenvalue weighted by atomic mass is 10.2. The number of hydroxylamine groups is 2. The Morgan fingerprint density at radius 2 is 1.14 bits per heavy atom. The summed E-state index contributed by atoms with van der Waals surface area (Å²) in [6.45, 7) is 7.51. The zero-order valence-corrected chi connectivity index (χ0v) is 18.5. The summed E-state index contributed by atoms with van der Waals surface area (Å²) in [5, 5.41) is 32.9. The second-order valence-electron chi connectivity index (χ2n) is 6.01. The second kappa shape index (κ2) is 41.8. The van der Waals surface area contributed by atoms with Gasteiger partial charge in [-0.3, -0.25) is 24.1 Å². The van der Waals surface area contributed by atoms with E-state index in [2.05, 4.69) is 13.2 Å². The van der Waals surface area contributed by atoms with Crippen molar-refractivity contribution in [2.45, 2.75) is 50.0 Å². The molecule has 0 rings (SSSR count). The minimum absolute atomic E-state index is 0. The number of hydrogen-bond donors (Lipinski definition) is 4. The van der Waals surface area contributed by atoms with Crippen LogP contribution in [0.1, 0.15) is 50.0 Å². The molecule has 0 unspecified atom stereocenters. The fourth-order valence-corrected chi connectivity index (χ4v) is 1.29. The van der Waals surface area contributed by atoms with E-state index in [1.165, 1.54) is 0 Å². The van der Waals surface area contributed by atoms with Gasteiger partial charge in [0.2, 0.25) is 0 Å². The van der Waals surface area contributed by atoms with Crippen LogP contribution in [0.15, 0.2) is 13.2 Å². The van der Waals surface area contributed by atoms with Gasteiger partial charge in [0.05, 0.1) is 13.2 Å². The topological polar surface area (TPSA) is 168 Å². The SMILES string of the molecule is C.C.C.C.C.C=C.CN(C)CCOC(=O)CC(=O)CN(C)CCO.CN(C)O.O=C(O)CC(=O)O. The highest BCUT2D eigenvalue weighted by molar-refractivity contribution is 5.96. The first-order valence-corrected chi connectivity index (χ1v) is 8.73. The summed E-state index contributed by atoms with van der Waals surface area (Å²) >= 11 is 0. The number of ether oxygens (including phenoxy) is 1. The van der Waals surface area contributed by atoms with Gasteiger partial charge < -0.3 is 30.2 Å². The Labute approximate surface area is 214 Å². The predicted octanol–water partition coefficient (Wildman–Crippen LogP) is 2.44. The molecule has 0 aliphatic heterocycles. The van der Waals surface area contributed by atoms with E-state index in [1.54, 1.807) is 26.0 Å². The molecule has 4 N–H and O–H groups in total. The van der Waals surface area contributed by atoms with Crippen LogP contribution in [0.25, 0.3) is 0 Å². The van der Waals surface area contributed by atoms with Crippen LogP contribution >= 0.6 is 0 Å². The molecule has 0 fully saturated rings. The van der Waals surface area contributed by atoms with Crippen molar-refractivity contribution in [3.05, 3.63) is 13.2 Å². The Bertz CT molecular complexity index is 460. The van der Waals surface area contributed by atoms with Crippen molar-refractivity contribution < 1.29 is 44.4 Å². The van der Waals surface area contributed by atoms with Crippen LogP contribution in [0.3, 0.4) is 0 Å². The van der Waals surface area contributed by atoms with E-state index in [0.717, 1.165) is 5.06 Å². The Hall–Kier alpha value is -2.38. The number of nitrogens with zero attached hydrogens (tertiary/aromatic N) is 3. The smallest absolute Gasteiger partial charge is 0.314 e. The van der Waals surface area contributed by atoms with Crippen molar-refractivity contribution in [2.75, 3.05) is 68.1 Å². The number of aliphatic carboxylic acids is 2. The van der Waals surface area contributed by atoms with Gasteiger partial charge in [0, 0.05) is 27.2 Å². The molecule has 0 saturated carbocycles. The molecule has 0 spiro atoms. The van der Waals surface area contributed by atoms with Crippen molar-refractivity contribution in [1.29, 1.82) is 0 Å². The van der Waals surface area contributed by atoms with Crippen molar-refractivity contribution >= 4 is 23.7 Å². The molecule has 0 radical (unpaired) electrons. The van der Waals surface area contributed by atoms with Gasteiger partial charge in [0.25, 0.3) is 0 Å². The molecular weight excluding hydrogens is 462 g/mol. The number of carboxylic acid groups (broad SMARTS) is 2. The number of hydrogen-bond acceptors (Lipinski definition) is 10. The van der Waals surface area contributed by atoms with E-state index in [4.69, 9.17) is 25.3 Å². The second-order valence-corrected chi connectivity index (χ2v) is 6.01. The lowest BCUT2D eigenvalue weighted by Gasteiger charge is -2.13. The van der Waals surface area contributed by atoms with Gasteiger partial charge in [0.15, 0.2) is 5.78 Å². The molecule has 0 aliphatic rings. The average Bonchev–Trinajstić information content (AvgIpc) is 2.54. The molecule has 0 atom stereocenters. The number of aliphatic hydroxyl groups is 1. The minimum atomic E-state index is -1.31. The fraction of sp³-hybridized carbons (Fsp3) is 0.739. The lowest BCUT2D eigenvalue weighted by Crippen LogP contribution is -2.30. The summed E-state index contributed by atoms with van der Waals surface area (Å²) in [6.07, 6.45) is -1.01. The molecule has 0 saturated heterocycles. The molecule has 218 valence electrons. The van der Waals surface area contributed by atoms with E-state index < -0.39 is 24.3 Å². The first-order chi connectivity index (χ1) is 13.8. The standard InChI is InChI=1S/C11H22N2O4.C3H4O4.C2H7NO.C2H4.5CH4/c1-12(2)5-7-17-11(16)8-10(15)9-13(3)4-6-14;4-2(5)1-3(6)7;1-3(2)4;1-2;;;;;/h14H,4-9H2,1-3H3;1H2,(H,4,5)(H,6,7);4H,1-2H3;1-2H2;5*1H4. The highest BCUT2D eigenvalue weighted by Gasteiger charge is 2.12. The number of carboxylic acids is 2. The number of ketones is 1.